The lowest BCUT2D eigenvalue weighted by molar-refractivity contribution is 0.720. The van der Waals surface area contributed by atoms with Crippen molar-refractivity contribution in [1.29, 1.82) is 0 Å². The molecular formula is C24H24N8O3. The second kappa shape index (κ2) is 8.60. The highest BCUT2D eigenvalue weighted by Gasteiger charge is 2.21. The van der Waals surface area contributed by atoms with Gasteiger partial charge in [0.15, 0.2) is 5.82 Å². The van der Waals surface area contributed by atoms with Gasteiger partial charge in [0.05, 0.1) is 24.0 Å². The van der Waals surface area contributed by atoms with Crippen molar-refractivity contribution in [1.82, 2.24) is 28.7 Å². The van der Waals surface area contributed by atoms with Crippen LogP contribution in [0.25, 0.3) is 16.7 Å². The average Bonchev–Trinajstić information content (AvgIpc) is 3.26. The number of benzene rings is 2. The van der Waals surface area contributed by atoms with Gasteiger partial charge < -0.3 is 10.6 Å². The number of aromatic nitrogens is 6. The summed E-state index contributed by atoms with van der Waals surface area (Å²) in [5, 5.41) is 9.12. The van der Waals surface area contributed by atoms with Crippen LogP contribution >= 0.6 is 0 Å². The quantitative estimate of drug-likeness (QED) is 0.379. The van der Waals surface area contributed by atoms with Crippen molar-refractivity contribution >= 4 is 28.2 Å². The van der Waals surface area contributed by atoms with E-state index < -0.39 is 11.2 Å². The summed E-state index contributed by atoms with van der Waals surface area (Å²) in [4.78, 5) is 42.2. The summed E-state index contributed by atoms with van der Waals surface area (Å²) in [6.45, 7) is 2.67. The fraction of sp³-hybridized carbons (Fsp3) is 0.208. The Kier molecular flexibility index (Phi) is 5.44. The molecule has 0 bridgehead atoms. The van der Waals surface area contributed by atoms with Crippen LogP contribution in [0.4, 0.5) is 11.5 Å². The van der Waals surface area contributed by atoms with Crippen molar-refractivity contribution in [2.75, 3.05) is 17.7 Å². The number of H-pyrrole nitrogens is 1. The van der Waals surface area contributed by atoms with E-state index in [1.807, 2.05) is 55.5 Å². The zero-order valence-corrected chi connectivity index (χ0v) is 19.3. The van der Waals surface area contributed by atoms with E-state index >= 15 is 0 Å². The Hall–Kier alpha value is -4.67. The molecule has 0 amide bonds. The molecule has 178 valence electrons. The van der Waals surface area contributed by atoms with Crippen LogP contribution in [0.3, 0.4) is 0 Å². The van der Waals surface area contributed by atoms with Gasteiger partial charge in [0.1, 0.15) is 11.5 Å². The van der Waals surface area contributed by atoms with Crippen molar-refractivity contribution in [3.8, 4) is 0 Å². The number of aromatic amines is 1. The predicted octanol–water partition coefficient (Wildman–Crippen LogP) is 1.18. The molecule has 0 fully saturated rings. The van der Waals surface area contributed by atoms with E-state index in [1.54, 1.807) is 27.0 Å². The van der Waals surface area contributed by atoms with Gasteiger partial charge in [0, 0.05) is 13.6 Å². The van der Waals surface area contributed by atoms with Crippen molar-refractivity contribution in [2.45, 2.75) is 26.6 Å². The Morgan fingerprint density at radius 2 is 1.69 bits per heavy atom. The standard InChI is InChI=1S/C24H24N8O3/c1-3-30-22(34)16-11-7-8-12-17(16)32-18(27-28-23(30)32)14-29(2)19-20(25)31(24(35)26-21(19)33)13-15-9-5-4-6-10-15/h4-12H,3,13-14,25H2,1-2H3,(H,26,33,35). The molecular weight excluding hydrogens is 448 g/mol. The smallest absolute Gasteiger partial charge is 0.330 e. The number of hydrogen-bond acceptors (Lipinski definition) is 7. The van der Waals surface area contributed by atoms with E-state index in [-0.39, 0.29) is 30.2 Å². The van der Waals surface area contributed by atoms with Gasteiger partial charge in [0.25, 0.3) is 11.1 Å². The number of nitrogens with one attached hydrogen (secondary N) is 1. The van der Waals surface area contributed by atoms with Gasteiger partial charge in [0.2, 0.25) is 5.78 Å². The van der Waals surface area contributed by atoms with Gasteiger partial charge in [-0.2, -0.15) is 0 Å². The second-order valence-electron chi connectivity index (χ2n) is 8.24. The van der Waals surface area contributed by atoms with E-state index in [0.717, 1.165) is 5.56 Å². The lowest BCUT2D eigenvalue weighted by atomic mass is 10.2. The first-order chi connectivity index (χ1) is 16.9. The Morgan fingerprint density at radius 1 is 0.971 bits per heavy atom. The highest BCUT2D eigenvalue weighted by Crippen LogP contribution is 2.20. The monoisotopic (exact) mass is 472 g/mol. The maximum absolute atomic E-state index is 12.9. The summed E-state index contributed by atoms with van der Waals surface area (Å²) in [5.74, 6) is 0.977. The minimum absolute atomic E-state index is 0.0502. The van der Waals surface area contributed by atoms with Gasteiger partial charge in [-0.3, -0.25) is 28.1 Å². The molecule has 11 heteroatoms. The van der Waals surface area contributed by atoms with E-state index in [0.29, 0.717) is 29.0 Å². The van der Waals surface area contributed by atoms with Crippen LogP contribution in [-0.4, -0.2) is 35.8 Å². The van der Waals surface area contributed by atoms with Crippen LogP contribution in [0.1, 0.15) is 18.3 Å². The number of aryl methyl sites for hydroxylation is 1. The second-order valence-corrected chi connectivity index (χ2v) is 8.24. The van der Waals surface area contributed by atoms with Gasteiger partial charge in [-0.05, 0) is 24.6 Å². The number of fused-ring (bicyclic) bond motifs is 3. The first-order valence-corrected chi connectivity index (χ1v) is 11.1. The number of para-hydroxylation sites is 1. The van der Waals surface area contributed by atoms with Gasteiger partial charge in [-0.25, -0.2) is 4.79 Å². The van der Waals surface area contributed by atoms with Crippen LogP contribution in [0, 0.1) is 0 Å². The first-order valence-electron chi connectivity index (χ1n) is 11.1. The van der Waals surface area contributed by atoms with E-state index in [4.69, 9.17) is 5.73 Å². The molecule has 0 unspecified atom stereocenters. The molecule has 0 aliphatic heterocycles. The van der Waals surface area contributed by atoms with Gasteiger partial charge in [-0.1, -0.05) is 42.5 Å². The number of nitrogens with zero attached hydrogens (tertiary/aromatic N) is 6. The molecule has 3 heterocycles. The highest BCUT2D eigenvalue weighted by molar-refractivity contribution is 5.80. The van der Waals surface area contributed by atoms with Gasteiger partial charge in [-0.15, -0.1) is 10.2 Å². The number of nitrogen functional groups attached to an aromatic ring is 1. The Bertz CT molecular complexity index is 1730. The number of hydrogen-bond donors (Lipinski definition) is 2. The summed E-state index contributed by atoms with van der Waals surface area (Å²) in [5.41, 5.74) is 6.71. The van der Waals surface area contributed by atoms with Crippen LogP contribution in [-0.2, 0) is 19.6 Å². The number of anilines is 2. The molecule has 0 aliphatic carbocycles. The Morgan fingerprint density at radius 3 is 2.43 bits per heavy atom. The summed E-state index contributed by atoms with van der Waals surface area (Å²) >= 11 is 0. The molecule has 0 saturated carbocycles. The fourth-order valence-electron chi connectivity index (χ4n) is 4.36. The summed E-state index contributed by atoms with van der Waals surface area (Å²) in [6.07, 6.45) is 0. The van der Waals surface area contributed by atoms with Crippen molar-refractivity contribution in [3.63, 3.8) is 0 Å². The van der Waals surface area contributed by atoms with Crippen LogP contribution in [0.2, 0.25) is 0 Å². The SMILES string of the molecule is CCn1c(=O)c2ccccc2n2c(CN(C)c3c(N)n(Cc4ccccc4)c(=O)[nH]c3=O)nnc12. The number of rotatable bonds is 6. The Balaban J connectivity index is 1.61. The normalized spacial score (nSPS) is 11.4. The third kappa shape index (κ3) is 3.66. The van der Waals surface area contributed by atoms with Crippen LogP contribution in [0.5, 0.6) is 0 Å². The molecule has 11 nitrogen and oxygen atoms in total. The van der Waals surface area contributed by atoms with Crippen molar-refractivity contribution < 1.29 is 0 Å². The predicted molar refractivity (Wildman–Crippen MR) is 134 cm³/mol. The largest absolute Gasteiger partial charge is 0.383 e. The minimum atomic E-state index is -0.594. The molecule has 2 aromatic carbocycles. The van der Waals surface area contributed by atoms with Crippen molar-refractivity contribution in [3.05, 3.63) is 97.2 Å². The lowest BCUT2D eigenvalue weighted by Crippen LogP contribution is -2.37. The molecule has 5 aromatic rings. The average molecular weight is 473 g/mol. The summed E-state index contributed by atoms with van der Waals surface area (Å²) in [7, 11) is 1.69. The zero-order valence-electron chi connectivity index (χ0n) is 19.3. The van der Waals surface area contributed by atoms with Crippen molar-refractivity contribution in [2.24, 2.45) is 0 Å². The molecule has 3 aromatic heterocycles. The maximum atomic E-state index is 12.9. The molecule has 0 saturated heterocycles. The fourth-order valence-corrected chi connectivity index (χ4v) is 4.36. The summed E-state index contributed by atoms with van der Waals surface area (Å²) < 4.78 is 4.69. The number of nitrogens with two attached hydrogens (primary N) is 1. The maximum Gasteiger partial charge on any atom is 0.330 e. The van der Waals surface area contributed by atoms with E-state index in [2.05, 4.69) is 15.2 Å². The molecule has 5 rings (SSSR count). The zero-order chi connectivity index (χ0) is 24.7. The topological polar surface area (TPSA) is 136 Å². The molecule has 35 heavy (non-hydrogen) atoms. The van der Waals surface area contributed by atoms with Crippen LogP contribution < -0.4 is 27.4 Å². The molecule has 3 N–H and O–H groups in total. The lowest BCUT2D eigenvalue weighted by Gasteiger charge is -2.21. The molecule has 0 spiro atoms. The van der Waals surface area contributed by atoms with Gasteiger partial charge >= 0.3 is 5.69 Å². The van der Waals surface area contributed by atoms with E-state index in [9.17, 15) is 14.4 Å². The molecule has 0 radical (unpaired) electrons. The summed E-state index contributed by atoms with van der Waals surface area (Å²) in [6, 6.07) is 16.6. The first kappa shape index (κ1) is 22.1. The minimum Gasteiger partial charge on any atom is -0.383 e. The third-order valence-electron chi connectivity index (χ3n) is 6.05. The third-order valence-corrected chi connectivity index (χ3v) is 6.05. The molecule has 0 atom stereocenters. The van der Waals surface area contributed by atoms with Crippen LogP contribution in [0.15, 0.2) is 69.0 Å². The Labute approximate surface area is 198 Å². The highest BCUT2D eigenvalue weighted by atomic mass is 16.2. The van der Waals surface area contributed by atoms with E-state index in [1.165, 1.54) is 4.57 Å². The molecule has 0 aliphatic rings.